The Morgan fingerprint density at radius 2 is 1.49 bits per heavy atom. The van der Waals surface area contributed by atoms with Crippen LogP contribution in [0.1, 0.15) is 71.8 Å². The van der Waals surface area contributed by atoms with E-state index < -0.39 is 30.0 Å². The van der Waals surface area contributed by atoms with Crippen LogP contribution in [0, 0.1) is 6.92 Å². The van der Waals surface area contributed by atoms with E-state index in [4.69, 9.17) is 10.2 Å². The third-order valence-electron chi connectivity index (χ3n) is 4.50. The summed E-state index contributed by atoms with van der Waals surface area (Å²) in [6.45, 7) is 10.3. The van der Waals surface area contributed by atoms with Crippen LogP contribution in [-0.2, 0) is 14.4 Å². The van der Waals surface area contributed by atoms with E-state index in [0.717, 1.165) is 24.4 Å². The number of aryl methyl sites for hydroxylation is 1. The zero-order valence-electron chi connectivity index (χ0n) is 22.6. The van der Waals surface area contributed by atoms with Crippen LogP contribution >= 0.6 is 0 Å². The highest BCUT2D eigenvalue weighted by molar-refractivity contribution is 5.82. The molecule has 11 nitrogen and oxygen atoms in total. The molecule has 0 aliphatic heterocycles. The van der Waals surface area contributed by atoms with Crippen molar-refractivity contribution in [1.82, 2.24) is 16.0 Å². The first kappa shape index (κ1) is 35.4. The van der Waals surface area contributed by atoms with E-state index in [-0.39, 0.29) is 25.8 Å². The molecule has 0 saturated carbocycles. The molecule has 1 aromatic carbocycles. The minimum Gasteiger partial charge on any atom is -0.481 e. The average Bonchev–Trinajstić information content (AvgIpc) is 2.85. The van der Waals surface area contributed by atoms with Crippen LogP contribution in [0.2, 0.25) is 0 Å². The summed E-state index contributed by atoms with van der Waals surface area (Å²) in [5, 5.41) is 36.9. The number of rotatable bonds is 15. The minimum absolute atomic E-state index is 0.0576. The molecule has 0 saturated heterocycles. The van der Waals surface area contributed by atoms with Gasteiger partial charge in [0.25, 0.3) is 0 Å². The molecule has 0 aromatic heterocycles. The van der Waals surface area contributed by atoms with E-state index >= 15 is 0 Å². The zero-order valence-corrected chi connectivity index (χ0v) is 22.6. The fourth-order valence-corrected chi connectivity index (χ4v) is 2.61. The number of carbonyl (C=O) groups excluding carboxylic acids is 1. The molecule has 0 fully saturated rings. The SMILES string of the molecule is CC.CC/C=C(\NCCCCC(NC(=O)NCCC(=O)O)C(=O)O)Nc1ccc(C)cc1.CCC(=O)O. The fourth-order valence-electron chi connectivity index (χ4n) is 2.61. The topological polar surface area (TPSA) is 177 Å². The van der Waals surface area contributed by atoms with Crippen molar-refractivity contribution in [3.8, 4) is 0 Å². The number of unbranched alkanes of at least 4 members (excludes halogenated alkanes) is 1. The molecule has 7 N–H and O–H groups in total. The molecule has 0 spiro atoms. The van der Waals surface area contributed by atoms with Gasteiger partial charge in [-0.3, -0.25) is 9.59 Å². The molecule has 210 valence electrons. The number of aliphatic carboxylic acids is 3. The highest BCUT2D eigenvalue weighted by Crippen LogP contribution is 2.11. The number of anilines is 1. The summed E-state index contributed by atoms with van der Waals surface area (Å²) in [7, 11) is 0. The molecule has 2 amide bonds. The van der Waals surface area contributed by atoms with E-state index in [1.54, 1.807) is 6.92 Å². The van der Waals surface area contributed by atoms with Crippen LogP contribution in [-0.4, -0.2) is 58.4 Å². The normalized spacial score (nSPS) is 10.9. The average molecular weight is 525 g/mol. The second kappa shape index (κ2) is 22.7. The number of urea groups is 1. The maximum atomic E-state index is 11.7. The molecule has 0 aliphatic carbocycles. The van der Waals surface area contributed by atoms with Gasteiger partial charge in [-0.15, -0.1) is 0 Å². The maximum Gasteiger partial charge on any atom is 0.326 e. The summed E-state index contributed by atoms with van der Waals surface area (Å²) in [5.74, 6) is -2.01. The van der Waals surface area contributed by atoms with Gasteiger partial charge >= 0.3 is 23.9 Å². The van der Waals surface area contributed by atoms with Crippen LogP contribution in [0.4, 0.5) is 10.5 Å². The van der Waals surface area contributed by atoms with E-state index in [9.17, 15) is 24.3 Å². The Kier molecular flexibility index (Phi) is 21.7. The van der Waals surface area contributed by atoms with E-state index in [2.05, 4.69) is 21.3 Å². The number of nitrogens with one attached hydrogen (secondary N) is 4. The molecule has 0 radical (unpaired) electrons. The lowest BCUT2D eigenvalue weighted by Crippen LogP contribution is -2.46. The highest BCUT2D eigenvalue weighted by Gasteiger charge is 2.19. The summed E-state index contributed by atoms with van der Waals surface area (Å²) in [4.78, 5) is 42.8. The largest absolute Gasteiger partial charge is 0.481 e. The number of amides is 2. The zero-order chi connectivity index (χ0) is 28.6. The number of hydrogen-bond donors (Lipinski definition) is 7. The Morgan fingerprint density at radius 1 is 0.892 bits per heavy atom. The molecule has 1 rings (SSSR count). The lowest BCUT2D eigenvalue weighted by atomic mass is 10.1. The van der Waals surface area contributed by atoms with Gasteiger partial charge in [0.05, 0.1) is 12.2 Å². The van der Waals surface area contributed by atoms with Crippen molar-refractivity contribution in [2.24, 2.45) is 0 Å². The predicted octanol–water partition coefficient (Wildman–Crippen LogP) is 4.15. The monoisotopic (exact) mass is 524 g/mol. The van der Waals surface area contributed by atoms with Crippen molar-refractivity contribution >= 4 is 29.6 Å². The summed E-state index contributed by atoms with van der Waals surface area (Å²) in [6, 6.07) is 6.37. The van der Waals surface area contributed by atoms with Gasteiger partial charge < -0.3 is 36.6 Å². The first-order valence-electron chi connectivity index (χ1n) is 12.6. The number of carbonyl (C=O) groups is 4. The van der Waals surface area contributed by atoms with Crippen LogP contribution in [0.15, 0.2) is 36.2 Å². The Hall–Kier alpha value is -3.76. The molecule has 0 bridgehead atoms. The Morgan fingerprint density at radius 3 is 1.97 bits per heavy atom. The van der Waals surface area contributed by atoms with Crippen molar-refractivity contribution in [1.29, 1.82) is 0 Å². The highest BCUT2D eigenvalue weighted by atomic mass is 16.4. The lowest BCUT2D eigenvalue weighted by molar-refractivity contribution is -0.139. The van der Waals surface area contributed by atoms with Gasteiger partial charge in [0.15, 0.2) is 0 Å². The van der Waals surface area contributed by atoms with Crippen LogP contribution in [0.5, 0.6) is 0 Å². The molecular formula is C26H44N4O7. The Balaban J connectivity index is 0. The second-order valence-corrected chi connectivity index (χ2v) is 7.62. The summed E-state index contributed by atoms with van der Waals surface area (Å²) in [5.41, 5.74) is 2.17. The van der Waals surface area contributed by atoms with E-state index in [1.807, 2.05) is 58.0 Å². The number of allylic oxidation sites excluding steroid dienone is 1. The number of benzene rings is 1. The first-order valence-corrected chi connectivity index (χ1v) is 12.6. The van der Waals surface area contributed by atoms with Crippen LogP contribution in [0.3, 0.4) is 0 Å². The van der Waals surface area contributed by atoms with Gasteiger partial charge in [-0.1, -0.05) is 45.4 Å². The molecule has 1 unspecified atom stereocenters. The third-order valence-corrected chi connectivity index (χ3v) is 4.50. The second-order valence-electron chi connectivity index (χ2n) is 7.62. The molecule has 1 atom stereocenters. The smallest absolute Gasteiger partial charge is 0.326 e. The summed E-state index contributed by atoms with van der Waals surface area (Å²) >= 11 is 0. The minimum atomic E-state index is -1.12. The van der Waals surface area contributed by atoms with Crippen molar-refractivity contribution < 1.29 is 34.5 Å². The maximum absolute atomic E-state index is 11.7. The number of hydrogen-bond acceptors (Lipinski definition) is 6. The van der Waals surface area contributed by atoms with Crippen LogP contribution in [0.25, 0.3) is 0 Å². The Labute approximate surface area is 219 Å². The number of carboxylic acid groups (broad SMARTS) is 3. The molecular weight excluding hydrogens is 480 g/mol. The van der Waals surface area contributed by atoms with E-state index in [0.29, 0.717) is 13.0 Å². The molecule has 37 heavy (non-hydrogen) atoms. The van der Waals surface area contributed by atoms with Crippen molar-refractivity contribution in [2.75, 3.05) is 18.4 Å². The van der Waals surface area contributed by atoms with Crippen molar-refractivity contribution in [3.05, 3.63) is 41.7 Å². The van der Waals surface area contributed by atoms with Gasteiger partial charge in [-0.05, 0) is 50.8 Å². The fraction of sp³-hybridized carbons (Fsp3) is 0.538. The van der Waals surface area contributed by atoms with Crippen LogP contribution < -0.4 is 21.3 Å². The van der Waals surface area contributed by atoms with Crippen molar-refractivity contribution in [3.63, 3.8) is 0 Å². The van der Waals surface area contributed by atoms with Crippen molar-refractivity contribution in [2.45, 2.75) is 79.2 Å². The quantitative estimate of drug-likeness (QED) is 0.166. The molecule has 0 heterocycles. The van der Waals surface area contributed by atoms with Gasteiger partial charge in [-0.2, -0.15) is 0 Å². The predicted molar refractivity (Wildman–Crippen MR) is 145 cm³/mol. The summed E-state index contributed by atoms with van der Waals surface area (Å²) in [6.07, 6.45) is 4.51. The molecule has 0 aliphatic rings. The van der Waals surface area contributed by atoms with Gasteiger partial charge in [0.2, 0.25) is 0 Å². The molecule has 1 aromatic rings. The van der Waals surface area contributed by atoms with Gasteiger partial charge in [-0.25, -0.2) is 9.59 Å². The summed E-state index contributed by atoms with van der Waals surface area (Å²) < 4.78 is 0. The lowest BCUT2D eigenvalue weighted by Gasteiger charge is -2.16. The number of carboxylic acids is 3. The standard InChI is InChI=1S/C21H32N4O5.C3H6O2.C2H6/c1-3-6-18(24-16-10-8-15(2)9-11-16)22-13-5-4-7-17(20(28)29)25-21(30)23-14-12-19(26)27;1-2-3(4)5;1-2/h6,8-11,17,22,24H,3-5,7,12-14H2,1-2H3,(H,26,27)(H,28,29)(H2,23,25,30);2H2,1H3,(H,4,5);1-2H3/b18-6+;;. The van der Waals surface area contributed by atoms with Gasteiger partial charge in [0, 0.05) is 25.2 Å². The van der Waals surface area contributed by atoms with E-state index in [1.165, 1.54) is 5.56 Å². The van der Waals surface area contributed by atoms with Gasteiger partial charge in [0.1, 0.15) is 6.04 Å². The Bertz CT molecular complexity index is 827. The molecule has 11 heteroatoms. The first-order chi connectivity index (χ1) is 17.6. The third kappa shape index (κ3) is 21.3.